The lowest BCUT2D eigenvalue weighted by Crippen LogP contribution is -2.56. The number of carbonyl (C=O) groups is 1. The Kier molecular flexibility index (Phi) is 5.63. The first-order chi connectivity index (χ1) is 16.2. The van der Waals surface area contributed by atoms with E-state index in [9.17, 15) is 13.2 Å². The number of nitrogens with zero attached hydrogens (tertiary/aromatic N) is 1. The average molecular weight is 513 g/mol. The van der Waals surface area contributed by atoms with Crippen molar-refractivity contribution in [1.82, 2.24) is 9.03 Å². The Morgan fingerprint density at radius 1 is 1.15 bits per heavy atom. The number of rotatable bonds is 6. The predicted molar refractivity (Wildman–Crippen MR) is 124 cm³/mol. The van der Waals surface area contributed by atoms with Crippen LogP contribution in [0.1, 0.15) is 66.8 Å². The molecule has 0 spiro atoms. The van der Waals surface area contributed by atoms with Crippen LogP contribution in [0.5, 0.6) is 5.75 Å². The smallest absolute Gasteiger partial charge is 0.304 e. The van der Waals surface area contributed by atoms with Gasteiger partial charge in [-0.05, 0) is 80.2 Å². The molecule has 7 nitrogen and oxygen atoms in total. The zero-order valence-electron chi connectivity index (χ0n) is 19.0. The van der Waals surface area contributed by atoms with E-state index in [1.165, 1.54) is 12.1 Å². The molecule has 4 bridgehead atoms. The fourth-order valence-corrected chi connectivity index (χ4v) is 8.52. The van der Waals surface area contributed by atoms with E-state index < -0.39 is 21.9 Å². The van der Waals surface area contributed by atoms with Crippen molar-refractivity contribution >= 4 is 27.7 Å². The van der Waals surface area contributed by atoms with Gasteiger partial charge in [-0.25, -0.2) is 9.11 Å². The lowest BCUT2D eigenvalue weighted by Gasteiger charge is -2.57. The molecule has 1 N–H and O–H groups in total. The van der Waals surface area contributed by atoms with E-state index in [1.807, 2.05) is 4.72 Å². The number of benzene rings is 1. The van der Waals surface area contributed by atoms with Gasteiger partial charge >= 0.3 is 10.2 Å². The van der Waals surface area contributed by atoms with Crippen molar-refractivity contribution in [3.8, 4) is 5.75 Å². The molecule has 7 rings (SSSR count). The summed E-state index contributed by atoms with van der Waals surface area (Å²) in [4.78, 5) is 12.7. The van der Waals surface area contributed by atoms with Gasteiger partial charge in [0.05, 0.1) is 18.8 Å². The summed E-state index contributed by atoms with van der Waals surface area (Å²) in [5.41, 5.74) is 0.528. The maximum Gasteiger partial charge on any atom is 0.304 e. The van der Waals surface area contributed by atoms with E-state index in [0.717, 1.165) is 54.8 Å². The number of nitrogens with one attached hydrogen (secondary N) is 1. The SMILES string of the molecule is O=C(NS(=O)(=O)N1CCOCC1)c1cc(C2CC2)c(O[C@H]2C3CC4CC2C[C@](Cl)(C4)C3)cc1F. The number of ether oxygens (including phenoxy) is 2. The minimum absolute atomic E-state index is 0.0155. The van der Waals surface area contributed by atoms with Gasteiger partial charge < -0.3 is 9.47 Å². The number of alkyl halides is 1. The second-order valence-electron chi connectivity index (χ2n) is 10.8. The molecule has 2 atom stereocenters. The normalized spacial score (nSPS) is 35.4. The maximum atomic E-state index is 15.2. The third-order valence-electron chi connectivity index (χ3n) is 8.27. The summed E-state index contributed by atoms with van der Waals surface area (Å²) in [6.45, 7) is 0.824. The van der Waals surface area contributed by atoms with Gasteiger partial charge in [-0.1, -0.05) is 0 Å². The van der Waals surface area contributed by atoms with Crippen molar-refractivity contribution < 1.29 is 27.1 Å². The van der Waals surface area contributed by atoms with Crippen LogP contribution in [0.4, 0.5) is 4.39 Å². The molecule has 5 saturated carbocycles. The molecule has 6 aliphatic rings. The number of amides is 1. The summed E-state index contributed by atoms with van der Waals surface area (Å²) in [6, 6.07) is 2.77. The van der Waals surface area contributed by atoms with Crippen molar-refractivity contribution in [2.75, 3.05) is 26.3 Å². The third-order valence-corrected chi connectivity index (χ3v) is 10.2. The number of halogens is 2. The van der Waals surface area contributed by atoms with Gasteiger partial charge in [0.2, 0.25) is 0 Å². The maximum absolute atomic E-state index is 15.2. The largest absolute Gasteiger partial charge is 0.489 e. The van der Waals surface area contributed by atoms with Gasteiger partial charge in [-0.2, -0.15) is 12.7 Å². The lowest BCUT2D eigenvalue weighted by atomic mass is 9.54. The topological polar surface area (TPSA) is 84.9 Å². The Morgan fingerprint density at radius 3 is 2.44 bits per heavy atom. The monoisotopic (exact) mass is 512 g/mol. The summed E-state index contributed by atoms with van der Waals surface area (Å²) in [5, 5.41) is 0. The quantitative estimate of drug-likeness (QED) is 0.589. The van der Waals surface area contributed by atoms with Crippen LogP contribution in [0.25, 0.3) is 0 Å². The summed E-state index contributed by atoms with van der Waals surface area (Å²) in [7, 11) is -4.07. The van der Waals surface area contributed by atoms with E-state index in [4.69, 9.17) is 21.1 Å². The lowest BCUT2D eigenvalue weighted by molar-refractivity contribution is -0.0700. The summed E-state index contributed by atoms with van der Waals surface area (Å²) >= 11 is 6.86. The molecular formula is C24H30ClFN2O5S. The van der Waals surface area contributed by atoms with Crippen molar-refractivity contribution in [2.24, 2.45) is 17.8 Å². The van der Waals surface area contributed by atoms with Crippen molar-refractivity contribution in [3.63, 3.8) is 0 Å². The van der Waals surface area contributed by atoms with Crippen LogP contribution in [0.2, 0.25) is 0 Å². The molecule has 1 heterocycles. The van der Waals surface area contributed by atoms with E-state index in [2.05, 4.69) is 0 Å². The van der Waals surface area contributed by atoms with Crippen LogP contribution >= 0.6 is 11.6 Å². The van der Waals surface area contributed by atoms with Crippen molar-refractivity contribution in [1.29, 1.82) is 0 Å². The van der Waals surface area contributed by atoms with Crippen LogP contribution in [0.3, 0.4) is 0 Å². The highest BCUT2D eigenvalue weighted by atomic mass is 35.5. The van der Waals surface area contributed by atoms with Crippen LogP contribution in [-0.2, 0) is 14.9 Å². The molecule has 0 radical (unpaired) electrons. The van der Waals surface area contributed by atoms with Gasteiger partial charge in [-0.15, -0.1) is 11.6 Å². The number of hydrogen-bond donors (Lipinski definition) is 1. The third kappa shape index (κ3) is 4.22. The molecule has 186 valence electrons. The standard InChI is InChI=1S/C24H30ClFN2O5S/c25-24-11-14-7-16(12-24)22(17(8-14)13-24)33-21-10-20(26)19(9-18(21)15-1-2-15)23(29)27-34(30,31)28-3-5-32-6-4-28/h9-10,14-17,22H,1-8,11-13H2,(H,27,29)/t14?,16?,17?,22-,24-. The van der Waals surface area contributed by atoms with Crippen LogP contribution in [-0.4, -0.2) is 55.9 Å². The fraction of sp³-hybridized carbons (Fsp3) is 0.708. The highest BCUT2D eigenvalue weighted by Crippen LogP contribution is 2.59. The van der Waals surface area contributed by atoms with E-state index >= 15 is 4.39 Å². The van der Waals surface area contributed by atoms with E-state index in [0.29, 0.717) is 23.5 Å². The minimum Gasteiger partial charge on any atom is -0.489 e. The molecule has 6 fully saturated rings. The number of hydrogen-bond acceptors (Lipinski definition) is 5. The van der Waals surface area contributed by atoms with E-state index in [-0.39, 0.29) is 48.8 Å². The van der Waals surface area contributed by atoms with Gasteiger partial charge in [0.15, 0.2) is 0 Å². The fourth-order valence-electron chi connectivity index (χ4n) is 6.80. The molecular weight excluding hydrogens is 483 g/mol. The minimum atomic E-state index is -4.07. The Morgan fingerprint density at radius 2 is 1.82 bits per heavy atom. The summed E-state index contributed by atoms with van der Waals surface area (Å²) in [6.07, 6.45) is 7.09. The van der Waals surface area contributed by atoms with Crippen LogP contribution < -0.4 is 9.46 Å². The highest BCUT2D eigenvalue weighted by Gasteiger charge is 2.56. The van der Waals surface area contributed by atoms with Gasteiger partial charge in [0, 0.05) is 24.0 Å². The molecule has 10 heteroatoms. The summed E-state index contributed by atoms with van der Waals surface area (Å²) in [5.74, 6) is 0.376. The Labute approximate surface area is 204 Å². The number of carbonyl (C=O) groups excluding carboxylic acids is 1. The first-order valence-corrected chi connectivity index (χ1v) is 14.1. The molecule has 2 unspecified atom stereocenters. The van der Waals surface area contributed by atoms with Gasteiger partial charge in [0.1, 0.15) is 17.7 Å². The molecule has 1 amide bonds. The molecule has 1 aromatic rings. The van der Waals surface area contributed by atoms with Crippen molar-refractivity contribution in [2.45, 2.75) is 61.8 Å². The van der Waals surface area contributed by atoms with Gasteiger partial charge in [-0.3, -0.25) is 4.79 Å². The first kappa shape index (κ1) is 23.0. The number of morpholine rings is 1. The zero-order valence-corrected chi connectivity index (χ0v) is 20.5. The second-order valence-corrected chi connectivity index (χ2v) is 13.3. The Hall–Kier alpha value is -1.42. The molecule has 1 aliphatic heterocycles. The molecule has 0 aromatic heterocycles. The average Bonchev–Trinajstić information content (AvgIpc) is 3.61. The Balaban J connectivity index is 1.24. The predicted octanol–water partition coefficient (Wildman–Crippen LogP) is 3.57. The first-order valence-electron chi connectivity index (χ1n) is 12.3. The highest BCUT2D eigenvalue weighted by molar-refractivity contribution is 7.87. The van der Waals surface area contributed by atoms with Crippen molar-refractivity contribution in [3.05, 3.63) is 29.1 Å². The molecule has 5 aliphatic carbocycles. The molecule has 1 aromatic carbocycles. The zero-order chi connectivity index (χ0) is 23.7. The second kappa shape index (κ2) is 8.32. The summed E-state index contributed by atoms with van der Waals surface area (Å²) < 4.78 is 55.2. The molecule has 34 heavy (non-hydrogen) atoms. The molecule has 1 saturated heterocycles. The van der Waals surface area contributed by atoms with E-state index in [1.54, 1.807) is 0 Å². The Bertz CT molecular complexity index is 1090. The van der Waals surface area contributed by atoms with Crippen LogP contribution in [0, 0.1) is 23.6 Å². The van der Waals surface area contributed by atoms with Crippen LogP contribution in [0.15, 0.2) is 12.1 Å². The van der Waals surface area contributed by atoms with Gasteiger partial charge in [0.25, 0.3) is 5.91 Å².